The van der Waals surface area contributed by atoms with Crippen LogP contribution < -0.4 is 11.1 Å². The molecule has 0 amide bonds. The van der Waals surface area contributed by atoms with Crippen molar-refractivity contribution in [1.82, 2.24) is 4.98 Å². The monoisotopic (exact) mass is 309 g/mol. The highest BCUT2D eigenvalue weighted by molar-refractivity contribution is 6.07. The van der Waals surface area contributed by atoms with Crippen molar-refractivity contribution in [3.05, 3.63) is 48.5 Å². The van der Waals surface area contributed by atoms with Crippen molar-refractivity contribution in [1.29, 1.82) is 0 Å². The second-order valence-corrected chi connectivity index (χ2v) is 4.24. The van der Waals surface area contributed by atoms with Gasteiger partial charge in [-0.1, -0.05) is 36.4 Å². The maximum absolute atomic E-state index is 5.59. The summed E-state index contributed by atoms with van der Waals surface area (Å²) in [5, 5.41) is 5.70. The Morgan fingerprint density at radius 3 is 1.85 bits per heavy atom. The fraction of sp³-hybridized carbons (Fsp3) is 0.133. The van der Waals surface area contributed by atoms with Crippen LogP contribution in [0.3, 0.4) is 0 Å². The molecule has 0 saturated heterocycles. The van der Waals surface area contributed by atoms with Crippen LogP contribution in [0.15, 0.2) is 48.5 Å². The lowest BCUT2D eigenvalue weighted by Crippen LogP contribution is -2.13. The van der Waals surface area contributed by atoms with Gasteiger partial charge in [-0.05, 0) is 12.1 Å². The van der Waals surface area contributed by atoms with Crippen molar-refractivity contribution in [3.8, 4) is 0 Å². The Bertz CT molecular complexity index is 647. The first kappa shape index (κ1) is 16.5. The average Bonchev–Trinajstić information content (AvgIpc) is 2.43. The zero-order valence-electron chi connectivity index (χ0n) is 10.9. The van der Waals surface area contributed by atoms with Gasteiger partial charge in [-0.25, -0.2) is 4.98 Å². The third-order valence-electron chi connectivity index (χ3n) is 3.03. The van der Waals surface area contributed by atoms with E-state index in [1.807, 2.05) is 36.4 Å². The molecular formula is C15H17Cl2N3. The predicted octanol–water partition coefficient (Wildman–Crippen LogP) is 3.60. The van der Waals surface area contributed by atoms with Crippen LogP contribution in [0.5, 0.6) is 0 Å². The molecule has 0 aliphatic heterocycles. The summed E-state index contributed by atoms with van der Waals surface area (Å²) in [7, 11) is 0. The quantitative estimate of drug-likeness (QED) is 0.727. The fourth-order valence-electron chi connectivity index (χ4n) is 2.23. The van der Waals surface area contributed by atoms with Gasteiger partial charge >= 0.3 is 0 Å². The number of benzene rings is 2. The van der Waals surface area contributed by atoms with E-state index in [9.17, 15) is 0 Å². The van der Waals surface area contributed by atoms with Crippen LogP contribution in [-0.4, -0.2) is 18.1 Å². The summed E-state index contributed by atoms with van der Waals surface area (Å²) in [5.41, 5.74) is 8.73. The average molecular weight is 310 g/mol. The number of halogens is 2. The molecule has 1 heterocycles. The van der Waals surface area contributed by atoms with Crippen molar-refractivity contribution in [2.24, 2.45) is 5.73 Å². The molecule has 2 aromatic carbocycles. The minimum absolute atomic E-state index is 0. The Hall–Kier alpha value is -1.55. The molecule has 1 aromatic heterocycles. The normalized spacial score (nSPS) is 9.85. The summed E-state index contributed by atoms with van der Waals surface area (Å²) in [6, 6.07) is 16.3. The van der Waals surface area contributed by atoms with Crippen LogP contribution in [0.4, 0.5) is 5.69 Å². The molecule has 0 spiro atoms. The molecule has 3 N–H and O–H groups in total. The number of nitrogens with one attached hydrogen (secondary N) is 1. The van der Waals surface area contributed by atoms with Crippen molar-refractivity contribution < 1.29 is 0 Å². The molecule has 0 radical (unpaired) electrons. The van der Waals surface area contributed by atoms with Gasteiger partial charge in [0.25, 0.3) is 0 Å². The van der Waals surface area contributed by atoms with Gasteiger partial charge in [0.2, 0.25) is 0 Å². The lowest BCUT2D eigenvalue weighted by atomic mass is 10.1. The van der Waals surface area contributed by atoms with Crippen molar-refractivity contribution in [2.75, 3.05) is 18.4 Å². The zero-order valence-corrected chi connectivity index (χ0v) is 12.5. The first-order valence-electron chi connectivity index (χ1n) is 6.11. The molecule has 106 valence electrons. The zero-order chi connectivity index (χ0) is 12.4. The first-order valence-corrected chi connectivity index (χ1v) is 6.11. The highest BCUT2D eigenvalue weighted by Crippen LogP contribution is 2.30. The molecule has 0 aliphatic carbocycles. The Labute approximate surface area is 130 Å². The standard InChI is InChI=1S/C15H15N3.2ClH/c16-9-10-17-15-11-5-1-3-7-13(11)18-14-8-4-2-6-12(14)15;;/h1-8H,9-10,16H2,(H,17,18);2*1H. The maximum Gasteiger partial charge on any atom is 0.0730 e. The Morgan fingerprint density at radius 2 is 1.35 bits per heavy atom. The van der Waals surface area contributed by atoms with E-state index in [-0.39, 0.29) is 24.8 Å². The van der Waals surface area contributed by atoms with Gasteiger partial charge in [0.1, 0.15) is 0 Å². The van der Waals surface area contributed by atoms with Crippen molar-refractivity contribution in [2.45, 2.75) is 0 Å². The highest BCUT2D eigenvalue weighted by atomic mass is 35.5. The summed E-state index contributed by atoms with van der Waals surface area (Å²) in [4.78, 5) is 4.68. The van der Waals surface area contributed by atoms with E-state index in [0.29, 0.717) is 6.54 Å². The molecule has 5 heteroatoms. The number of rotatable bonds is 3. The van der Waals surface area contributed by atoms with E-state index >= 15 is 0 Å². The van der Waals surface area contributed by atoms with Crippen molar-refractivity contribution in [3.63, 3.8) is 0 Å². The van der Waals surface area contributed by atoms with E-state index in [1.54, 1.807) is 0 Å². The topological polar surface area (TPSA) is 50.9 Å². The minimum atomic E-state index is 0. The van der Waals surface area contributed by atoms with Gasteiger partial charge in [0.05, 0.1) is 16.7 Å². The minimum Gasteiger partial charge on any atom is -0.383 e. The largest absolute Gasteiger partial charge is 0.383 e. The third-order valence-corrected chi connectivity index (χ3v) is 3.03. The molecule has 20 heavy (non-hydrogen) atoms. The van der Waals surface area contributed by atoms with Crippen LogP contribution in [-0.2, 0) is 0 Å². The Balaban J connectivity index is 0.000001000. The maximum atomic E-state index is 5.59. The lowest BCUT2D eigenvalue weighted by molar-refractivity contribution is 1.03. The summed E-state index contributed by atoms with van der Waals surface area (Å²) in [5.74, 6) is 0. The molecular weight excluding hydrogens is 293 g/mol. The van der Waals surface area contributed by atoms with Crippen LogP contribution in [0, 0.1) is 0 Å². The molecule has 0 aliphatic rings. The summed E-state index contributed by atoms with van der Waals surface area (Å²) < 4.78 is 0. The van der Waals surface area contributed by atoms with Crippen molar-refractivity contribution >= 4 is 52.3 Å². The molecule has 0 saturated carbocycles. The van der Waals surface area contributed by atoms with E-state index in [0.717, 1.165) is 34.0 Å². The molecule has 0 unspecified atom stereocenters. The number of fused-ring (bicyclic) bond motifs is 2. The number of nitrogens with two attached hydrogens (primary N) is 1. The molecule has 3 nitrogen and oxygen atoms in total. The van der Waals surface area contributed by atoms with Crippen LogP contribution in [0.25, 0.3) is 21.8 Å². The van der Waals surface area contributed by atoms with Gasteiger partial charge in [0, 0.05) is 23.9 Å². The summed E-state index contributed by atoms with van der Waals surface area (Å²) in [6.45, 7) is 1.38. The van der Waals surface area contributed by atoms with E-state index in [4.69, 9.17) is 5.73 Å². The van der Waals surface area contributed by atoms with E-state index in [1.165, 1.54) is 0 Å². The second kappa shape index (κ2) is 7.29. The summed E-state index contributed by atoms with van der Waals surface area (Å²) >= 11 is 0. The number of hydrogen-bond donors (Lipinski definition) is 2. The number of nitrogens with zero attached hydrogens (tertiary/aromatic N) is 1. The SMILES string of the molecule is Cl.Cl.NCCNc1c2ccccc2nc2ccccc12. The van der Waals surface area contributed by atoms with Gasteiger partial charge in [0.15, 0.2) is 0 Å². The molecule has 0 fully saturated rings. The number of para-hydroxylation sites is 2. The number of pyridine rings is 1. The molecule has 0 atom stereocenters. The van der Waals surface area contributed by atoms with E-state index in [2.05, 4.69) is 22.4 Å². The Morgan fingerprint density at radius 1 is 0.850 bits per heavy atom. The smallest absolute Gasteiger partial charge is 0.0730 e. The summed E-state index contributed by atoms with van der Waals surface area (Å²) in [6.07, 6.45) is 0. The Kier molecular flexibility index (Phi) is 6.02. The number of aromatic nitrogens is 1. The van der Waals surface area contributed by atoms with Gasteiger partial charge in [-0.2, -0.15) is 0 Å². The molecule has 3 aromatic rings. The lowest BCUT2D eigenvalue weighted by Gasteiger charge is -2.12. The first-order chi connectivity index (χ1) is 8.90. The predicted molar refractivity (Wildman–Crippen MR) is 91.3 cm³/mol. The van der Waals surface area contributed by atoms with Gasteiger partial charge in [-0.15, -0.1) is 24.8 Å². The van der Waals surface area contributed by atoms with Gasteiger partial charge < -0.3 is 11.1 Å². The fourth-order valence-corrected chi connectivity index (χ4v) is 2.23. The van der Waals surface area contributed by atoms with Crippen LogP contribution in [0.2, 0.25) is 0 Å². The number of hydrogen-bond acceptors (Lipinski definition) is 3. The van der Waals surface area contributed by atoms with Gasteiger partial charge in [-0.3, -0.25) is 0 Å². The van der Waals surface area contributed by atoms with E-state index < -0.39 is 0 Å². The highest BCUT2D eigenvalue weighted by Gasteiger charge is 2.07. The second-order valence-electron chi connectivity index (χ2n) is 4.24. The number of anilines is 1. The van der Waals surface area contributed by atoms with Crippen LogP contribution in [0.1, 0.15) is 0 Å². The van der Waals surface area contributed by atoms with Crippen LogP contribution >= 0.6 is 24.8 Å². The molecule has 0 bridgehead atoms. The third kappa shape index (κ3) is 2.96. The molecule has 3 rings (SSSR count).